The van der Waals surface area contributed by atoms with Crippen molar-refractivity contribution in [3.05, 3.63) is 97.2 Å². The highest BCUT2D eigenvalue weighted by Gasteiger charge is 2.50. The molecule has 1 aliphatic heterocycles. The first-order valence-corrected chi connectivity index (χ1v) is 29.2. The van der Waals surface area contributed by atoms with Gasteiger partial charge in [-0.1, -0.05) is 227 Å². The molecule has 6 atom stereocenters. The van der Waals surface area contributed by atoms with Crippen molar-refractivity contribution in [3.63, 3.8) is 0 Å². The van der Waals surface area contributed by atoms with Crippen molar-refractivity contribution in [2.45, 2.75) is 263 Å². The van der Waals surface area contributed by atoms with Gasteiger partial charge >= 0.3 is 23.9 Å². The molecule has 12 nitrogen and oxygen atoms in total. The van der Waals surface area contributed by atoms with Gasteiger partial charge in [-0.25, -0.2) is 4.79 Å². The molecule has 75 heavy (non-hydrogen) atoms. The van der Waals surface area contributed by atoms with Crippen LogP contribution in [0.15, 0.2) is 97.2 Å². The van der Waals surface area contributed by atoms with Gasteiger partial charge in [-0.05, 0) is 77.0 Å². The summed E-state index contributed by atoms with van der Waals surface area (Å²) >= 11 is 0. The summed E-state index contributed by atoms with van der Waals surface area (Å²) in [5, 5.41) is 31.4. The van der Waals surface area contributed by atoms with Gasteiger partial charge in [0.05, 0.1) is 13.0 Å². The fourth-order valence-electron chi connectivity index (χ4n) is 8.28. The third-order valence-corrected chi connectivity index (χ3v) is 12.7. The van der Waals surface area contributed by atoms with Crippen molar-refractivity contribution in [2.24, 2.45) is 0 Å². The van der Waals surface area contributed by atoms with Crippen LogP contribution in [-0.2, 0) is 42.9 Å². The number of aliphatic hydroxyl groups excluding tert-OH is 2. The molecular weight excluding hydrogens is 949 g/mol. The zero-order chi connectivity index (χ0) is 54.7. The molecule has 0 amide bonds. The molecule has 0 aromatic carbocycles. The zero-order valence-corrected chi connectivity index (χ0v) is 46.8. The maximum absolute atomic E-state index is 13.1. The van der Waals surface area contributed by atoms with Gasteiger partial charge in [-0.2, -0.15) is 0 Å². The molecule has 6 unspecified atom stereocenters. The minimum atomic E-state index is -1.94. The minimum Gasteiger partial charge on any atom is -0.479 e. The highest BCUT2D eigenvalue weighted by molar-refractivity contribution is 5.74. The van der Waals surface area contributed by atoms with E-state index in [4.69, 9.17) is 23.7 Å². The van der Waals surface area contributed by atoms with E-state index in [1.165, 1.54) is 83.5 Å². The number of carbonyl (C=O) groups is 4. The van der Waals surface area contributed by atoms with E-state index in [0.29, 0.717) is 19.3 Å². The number of carboxylic acids is 1. The topological polar surface area (TPSA) is 175 Å². The first-order valence-electron chi connectivity index (χ1n) is 29.2. The Hall–Kier alpha value is -4.36. The molecule has 0 aromatic heterocycles. The highest BCUT2D eigenvalue weighted by Crippen LogP contribution is 2.26. The summed E-state index contributed by atoms with van der Waals surface area (Å²) in [6.07, 6.45) is 54.1. The molecule has 3 N–H and O–H groups in total. The molecule has 0 radical (unpaired) electrons. The third-order valence-electron chi connectivity index (χ3n) is 12.7. The van der Waals surface area contributed by atoms with Gasteiger partial charge in [-0.3, -0.25) is 14.4 Å². The number of carbonyl (C=O) groups excluding carboxylic acids is 3. The lowest BCUT2D eigenvalue weighted by molar-refractivity contribution is -0.301. The van der Waals surface area contributed by atoms with Crippen molar-refractivity contribution < 1.29 is 58.2 Å². The molecular formula is C63H102O12. The van der Waals surface area contributed by atoms with Crippen LogP contribution in [0.5, 0.6) is 0 Å². The second kappa shape index (κ2) is 50.5. The van der Waals surface area contributed by atoms with E-state index in [1.54, 1.807) is 12.2 Å². The highest BCUT2D eigenvalue weighted by atomic mass is 16.7. The van der Waals surface area contributed by atoms with E-state index in [2.05, 4.69) is 93.7 Å². The normalized spacial score (nSPS) is 18.9. The number of hydrogen-bond acceptors (Lipinski definition) is 11. The number of carboxylic acid groups (broad SMARTS) is 1. The summed E-state index contributed by atoms with van der Waals surface area (Å²) in [6, 6.07) is 0. The quantitative estimate of drug-likeness (QED) is 0.0228. The van der Waals surface area contributed by atoms with Crippen LogP contribution in [0, 0.1) is 0 Å². The minimum absolute atomic E-state index is 0.114. The van der Waals surface area contributed by atoms with Crippen LogP contribution in [0.3, 0.4) is 0 Å². The lowest BCUT2D eigenvalue weighted by Crippen LogP contribution is -2.61. The molecule has 1 fully saturated rings. The Morgan fingerprint density at radius 2 is 0.880 bits per heavy atom. The number of rotatable bonds is 48. The predicted octanol–water partition coefficient (Wildman–Crippen LogP) is 14.9. The molecule has 0 aromatic rings. The lowest BCUT2D eigenvalue weighted by atomic mass is 9.98. The number of aliphatic hydroxyl groups is 2. The monoisotopic (exact) mass is 1050 g/mol. The third kappa shape index (κ3) is 40.6. The Kier molecular flexibility index (Phi) is 46.2. The van der Waals surface area contributed by atoms with E-state index in [1.807, 2.05) is 12.2 Å². The largest absolute Gasteiger partial charge is 0.479 e. The maximum atomic E-state index is 13.1. The van der Waals surface area contributed by atoms with E-state index in [-0.39, 0.29) is 25.9 Å². The number of unbranched alkanes of at least 4 members (excludes halogenated alkanes) is 19. The smallest absolute Gasteiger partial charge is 0.335 e. The Labute approximate surface area is 453 Å². The molecule has 0 spiro atoms. The van der Waals surface area contributed by atoms with Crippen LogP contribution in [0.2, 0.25) is 0 Å². The first-order chi connectivity index (χ1) is 36.6. The average Bonchev–Trinajstić information content (AvgIpc) is 3.39. The standard InChI is InChI=1S/C63H102O12/c1-4-7-10-13-16-19-22-25-27-28-30-32-34-37-40-43-46-49-55(64)71-52-54(73-56(65)50-47-44-41-38-35-31-24-21-18-15-12-9-6-3)53-72-63-61(59(68)58(67)60(75-63)62(69)70)74-57(66)51-48-45-42-39-36-33-29-26-23-20-17-14-11-8-5-2/h8-9,11-12,17-18,20-21,26,29,31,35-36,39,45,48,54,58-61,63,67-68H,4-7,10,13-16,19,22-25,27-28,30,32-34,37-38,40-44,46-47,49-53H2,1-3H3,(H,69,70)/b11-8-,12-9-,20-17-,21-18-,29-26-,35-31-,39-36-,48-45-. The summed E-state index contributed by atoms with van der Waals surface area (Å²) in [7, 11) is 0. The predicted molar refractivity (Wildman–Crippen MR) is 303 cm³/mol. The second-order valence-corrected chi connectivity index (χ2v) is 19.5. The van der Waals surface area contributed by atoms with Gasteiger partial charge in [0.1, 0.15) is 18.8 Å². The van der Waals surface area contributed by atoms with Gasteiger partial charge in [0.15, 0.2) is 24.6 Å². The average molecular weight is 1050 g/mol. The van der Waals surface area contributed by atoms with E-state index >= 15 is 0 Å². The van der Waals surface area contributed by atoms with E-state index in [0.717, 1.165) is 83.5 Å². The first kappa shape index (κ1) is 68.7. The summed E-state index contributed by atoms with van der Waals surface area (Å²) in [6.45, 7) is 5.69. The Morgan fingerprint density at radius 1 is 0.467 bits per heavy atom. The molecule has 0 aliphatic carbocycles. The Balaban J connectivity index is 2.75. The second-order valence-electron chi connectivity index (χ2n) is 19.5. The number of esters is 3. The van der Waals surface area contributed by atoms with Gasteiger partial charge < -0.3 is 39.0 Å². The maximum Gasteiger partial charge on any atom is 0.335 e. The molecule has 426 valence electrons. The van der Waals surface area contributed by atoms with Crippen LogP contribution >= 0.6 is 0 Å². The van der Waals surface area contributed by atoms with Crippen molar-refractivity contribution in [1.82, 2.24) is 0 Å². The summed E-state index contributed by atoms with van der Waals surface area (Å²) in [5.74, 6) is -3.33. The number of ether oxygens (including phenoxy) is 5. The van der Waals surface area contributed by atoms with Crippen molar-refractivity contribution in [3.8, 4) is 0 Å². The molecule has 1 rings (SSSR count). The van der Waals surface area contributed by atoms with Crippen molar-refractivity contribution in [1.29, 1.82) is 0 Å². The molecule has 12 heteroatoms. The molecule has 1 aliphatic rings. The number of allylic oxidation sites excluding steroid dienone is 15. The SMILES string of the molecule is CC/C=C\C/C=C\C/C=C\C/C=C\C/C=C\CC(=O)OC1C(OCC(COC(=O)CCCCCCCCCCCCCCCCCCC)OC(=O)CCCCC/C=C\C/C=C\C/C=C\CC)OC(C(=O)O)C(O)C1O. The van der Waals surface area contributed by atoms with Crippen molar-refractivity contribution in [2.75, 3.05) is 13.2 Å². The molecule has 0 bridgehead atoms. The van der Waals surface area contributed by atoms with E-state index in [9.17, 15) is 34.5 Å². The van der Waals surface area contributed by atoms with Crippen LogP contribution in [0.25, 0.3) is 0 Å². The van der Waals surface area contributed by atoms with Crippen LogP contribution < -0.4 is 0 Å². The molecule has 1 saturated heterocycles. The van der Waals surface area contributed by atoms with Crippen LogP contribution in [0.4, 0.5) is 0 Å². The van der Waals surface area contributed by atoms with E-state index < -0.39 is 67.3 Å². The zero-order valence-electron chi connectivity index (χ0n) is 46.8. The fraction of sp³-hybridized carbons (Fsp3) is 0.683. The Bertz CT molecular complexity index is 1670. The van der Waals surface area contributed by atoms with Crippen LogP contribution in [-0.4, -0.2) is 89.2 Å². The van der Waals surface area contributed by atoms with Gasteiger partial charge in [-0.15, -0.1) is 0 Å². The molecule has 1 heterocycles. The lowest BCUT2D eigenvalue weighted by Gasteiger charge is -2.40. The van der Waals surface area contributed by atoms with Gasteiger partial charge in [0, 0.05) is 12.8 Å². The fourth-order valence-corrected chi connectivity index (χ4v) is 8.28. The summed E-state index contributed by atoms with van der Waals surface area (Å²) in [4.78, 5) is 51.0. The van der Waals surface area contributed by atoms with Crippen molar-refractivity contribution >= 4 is 23.9 Å². The summed E-state index contributed by atoms with van der Waals surface area (Å²) < 4.78 is 28.2. The number of hydrogen-bond donors (Lipinski definition) is 3. The summed E-state index contributed by atoms with van der Waals surface area (Å²) in [5.41, 5.74) is 0. The van der Waals surface area contributed by atoms with Crippen LogP contribution in [0.1, 0.15) is 226 Å². The Morgan fingerprint density at radius 3 is 1.35 bits per heavy atom. The molecule has 0 saturated carbocycles. The number of aliphatic carboxylic acids is 1. The van der Waals surface area contributed by atoms with Gasteiger partial charge in [0.2, 0.25) is 0 Å². The van der Waals surface area contributed by atoms with Gasteiger partial charge in [0.25, 0.3) is 0 Å².